The molecule has 0 radical (unpaired) electrons. The van der Waals surface area contributed by atoms with Crippen molar-refractivity contribution in [3.63, 3.8) is 0 Å². The quantitative estimate of drug-likeness (QED) is 0.571. The van der Waals surface area contributed by atoms with Crippen molar-refractivity contribution >= 4 is 34.5 Å². The molecular formula is C27H31N5O4. The van der Waals surface area contributed by atoms with Gasteiger partial charge in [-0.1, -0.05) is 31.2 Å². The van der Waals surface area contributed by atoms with Crippen molar-refractivity contribution in [1.82, 2.24) is 19.7 Å². The number of carboxylic acid groups (broad SMARTS) is 1. The first-order valence-electron chi connectivity index (χ1n) is 12.5. The van der Waals surface area contributed by atoms with Crippen molar-refractivity contribution in [3.8, 4) is 5.69 Å². The van der Waals surface area contributed by atoms with E-state index in [9.17, 15) is 19.5 Å². The Morgan fingerprint density at radius 3 is 2.19 bits per heavy atom. The van der Waals surface area contributed by atoms with Gasteiger partial charge in [-0.25, -0.2) is 4.79 Å². The average molecular weight is 490 g/mol. The van der Waals surface area contributed by atoms with Gasteiger partial charge in [0.1, 0.15) is 11.4 Å². The topological polar surface area (TPSA) is 98.1 Å². The Kier molecular flexibility index (Phi) is 6.65. The Morgan fingerprint density at radius 1 is 0.861 bits per heavy atom. The van der Waals surface area contributed by atoms with Gasteiger partial charge in [0.25, 0.3) is 5.91 Å². The molecule has 0 saturated carbocycles. The smallest absolute Gasteiger partial charge is 0.340 e. The third-order valence-electron chi connectivity index (χ3n) is 7.07. The molecule has 188 valence electrons. The molecule has 2 amide bonds. The Hall–Kier alpha value is -3.85. The lowest BCUT2D eigenvalue weighted by atomic mass is 10.0. The summed E-state index contributed by atoms with van der Waals surface area (Å²) < 4.78 is 1.95. The number of fused-ring (bicyclic) bond motifs is 1. The molecule has 2 aliphatic heterocycles. The summed E-state index contributed by atoms with van der Waals surface area (Å²) in [5.74, 6) is -0.578. The number of piperazine rings is 2. The van der Waals surface area contributed by atoms with E-state index in [2.05, 4.69) is 5.32 Å². The molecule has 3 aromatic rings. The lowest BCUT2D eigenvalue weighted by Gasteiger charge is -2.36. The number of para-hydroxylation sites is 1. The average Bonchev–Trinajstić information content (AvgIpc) is 3.29. The molecule has 0 unspecified atom stereocenters. The maximum absolute atomic E-state index is 13.6. The number of hydrogen-bond acceptors (Lipinski definition) is 5. The highest BCUT2D eigenvalue weighted by molar-refractivity contribution is 6.18. The number of nitrogens with one attached hydrogen (secondary N) is 1. The Morgan fingerprint density at radius 2 is 1.56 bits per heavy atom. The second-order valence-corrected chi connectivity index (χ2v) is 9.14. The van der Waals surface area contributed by atoms with E-state index in [1.54, 1.807) is 11.0 Å². The van der Waals surface area contributed by atoms with Crippen molar-refractivity contribution in [1.29, 1.82) is 0 Å². The maximum Gasteiger partial charge on any atom is 0.340 e. The minimum atomic E-state index is -1.07. The number of hydrogen-bond donors (Lipinski definition) is 2. The number of aromatic nitrogens is 1. The summed E-state index contributed by atoms with van der Waals surface area (Å²) in [5, 5.41) is 14.2. The molecule has 2 fully saturated rings. The minimum absolute atomic E-state index is 0.0978. The monoisotopic (exact) mass is 489 g/mol. The molecule has 9 nitrogen and oxygen atoms in total. The zero-order valence-corrected chi connectivity index (χ0v) is 20.4. The standard InChI is InChI=1S/C27H31N5O4/c1-2-22(33)29-15-17-30(18-16-29)25-24(27(35)36)23-20(26(34)31-13-11-28-12-14-31)9-6-10-21(23)32(25)19-7-4-3-5-8-19/h3-10,28H,2,11-18H2,1H3,(H,35,36). The molecule has 5 rings (SSSR count). The highest BCUT2D eigenvalue weighted by atomic mass is 16.4. The number of rotatable bonds is 5. The number of amides is 2. The van der Waals surface area contributed by atoms with Crippen LogP contribution in [-0.2, 0) is 4.79 Å². The fourth-order valence-electron chi connectivity index (χ4n) is 5.28. The van der Waals surface area contributed by atoms with Crippen molar-refractivity contribution < 1.29 is 19.5 Å². The van der Waals surface area contributed by atoms with E-state index in [-0.39, 0.29) is 17.4 Å². The van der Waals surface area contributed by atoms with E-state index in [1.165, 1.54) is 0 Å². The normalized spacial score (nSPS) is 16.4. The van der Waals surface area contributed by atoms with E-state index in [1.807, 2.05) is 63.8 Å². The molecule has 2 aromatic carbocycles. The molecular weight excluding hydrogens is 458 g/mol. The first kappa shape index (κ1) is 23.9. The number of aromatic carboxylic acids is 1. The van der Waals surface area contributed by atoms with Gasteiger partial charge in [0.05, 0.1) is 5.52 Å². The Bertz CT molecular complexity index is 1290. The van der Waals surface area contributed by atoms with Crippen LogP contribution in [0.15, 0.2) is 48.5 Å². The molecule has 2 N–H and O–H groups in total. The van der Waals surface area contributed by atoms with Crippen molar-refractivity contribution in [3.05, 3.63) is 59.7 Å². The van der Waals surface area contributed by atoms with Gasteiger partial charge in [-0.05, 0) is 24.3 Å². The number of carbonyl (C=O) groups excluding carboxylic acids is 2. The summed E-state index contributed by atoms with van der Waals surface area (Å²) >= 11 is 0. The molecule has 0 spiro atoms. The fraction of sp³-hybridized carbons (Fsp3) is 0.370. The summed E-state index contributed by atoms with van der Waals surface area (Å²) in [6.07, 6.45) is 0.447. The van der Waals surface area contributed by atoms with Crippen molar-refractivity contribution in [2.45, 2.75) is 13.3 Å². The van der Waals surface area contributed by atoms with E-state index in [4.69, 9.17) is 0 Å². The molecule has 0 bridgehead atoms. The molecule has 1 aromatic heterocycles. The van der Waals surface area contributed by atoms with E-state index < -0.39 is 5.97 Å². The first-order chi connectivity index (χ1) is 17.5. The van der Waals surface area contributed by atoms with Crippen LogP contribution < -0.4 is 10.2 Å². The first-order valence-corrected chi connectivity index (χ1v) is 12.5. The third-order valence-corrected chi connectivity index (χ3v) is 7.07. The van der Waals surface area contributed by atoms with Crippen molar-refractivity contribution in [2.75, 3.05) is 57.3 Å². The van der Waals surface area contributed by atoms with Gasteiger partial charge in [0.2, 0.25) is 5.91 Å². The maximum atomic E-state index is 13.6. The molecule has 0 aliphatic carbocycles. The number of anilines is 1. The van der Waals surface area contributed by atoms with E-state index in [0.29, 0.717) is 81.1 Å². The highest BCUT2D eigenvalue weighted by Crippen LogP contribution is 2.38. The second kappa shape index (κ2) is 10.0. The van der Waals surface area contributed by atoms with Crippen LogP contribution in [0.3, 0.4) is 0 Å². The second-order valence-electron chi connectivity index (χ2n) is 9.14. The SMILES string of the molecule is CCC(=O)N1CCN(c2c(C(=O)O)c3c(C(=O)N4CCNCC4)cccc3n2-c2ccccc2)CC1. The van der Waals surface area contributed by atoms with Gasteiger partial charge in [-0.3, -0.25) is 14.2 Å². The summed E-state index contributed by atoms with van der Waals surface area (Å²) in [6.45, 7) is 6.50. The summed E-state index contributed by atoms with van der Waals surface area (Å²) in [6, 6.07) is 15.1. The van der Waals surface area contributed by atoms with Crippen LogP contribution in [0.2, 0.25) is 0 Å². The zero-order chi connectivity index (χ0) is 25.2. The Balaban J connectivity index is 1.70. The number of benzene rings is 2. The van der Waals surface area contributed by atoms with Crippen LogP contribution in [0.25, 0.3) is 16.6 Å². The van der Waals surface area contributed by atoms with Crippen molar-refractivity contribution in [2.24, 2.45) is 0 Å². The zero-order valence-electron chi connectivity index (χ0n) is 20.4. The van der Waals surface area contributed by atoms with Gasteiger partial charge in [-0.15, -0.1) is 0 Å². The van der Waals surface area contributed by atoms with Gasteiger partial charge in [0, 0.05) is 75.4 Å². The largest absolute Gasteiger partial charge is 0.478 e. The predicted molar refractivity (Wildman–Crippen MR) is 138 cm³/mol. The van der Waals surface area contributed by atoms with Gasteiger partial charge in [0.15, 0.2) is 0 Å². The van der Waals surface area contributed by atoms with Crippen LogP contribution in [0.4, 0.5) is 5.82 Å². The molecule has 36 heavy (non-hydrogen) atoms. The van der Waals surface area contributed by atoms with Crippen LogP contribution in [-0.4, -0.2) is 89.6 Å². The number of nitrogens with zero attached hydrogens (tertiary/aromatic N) is 4. The molecule has 0 atom stereocenters. The van der Waals surface area contributed by atoms with Crippen LogP contribution >= 0.6 is 0 Å². The Labute approximate surface area is 209 Å². The lowest BCUT2D eigenvalue weighted by molar-refractivity contribution is -0.131. The molecule has 2 saturated heterocycles. The van der Waals surface area contributed by atoms with Gasteiger partial charge >= 0.3 is 5.97 Å². The van der Waals surface area contributed by atoms with Crippen LogP contribution in [0, 0.1) is 0 Å². The van der Waals surface area contributed by atoms with Gasteiger partial charge < -0.3 is 25.1 Å². The van der Waals surface area contributed by atoms with Gasteiger partial charge in [-0.2, -0.15) is 0 Å². The predicted octanol–water partition coefficient (Wildman–Crippen LogP) is 2.43. The third kappa shape index (κ3) is 4.19. The number of carboxylic acids is 1. The molecule has 2 aliphatic rings. The highest BCUT2D eigenvalue weighted by Gasteiger charge is 2.33. The fourth-order valence-corrected chi connectivity index (χ4v) is 5.28. The van der Waals surface area contributed by atoms with E-state index >= 15 is 0 Å². The molecule has 3 heterocycles. The summed E-state index contributed by atoms with van der Waals surface area (Å²) in [4.78, 5) is 44.4. The summed E-state index contributed by atoms with van der Waals surface area (Å²) in [5.41, 5.74) is 2.04. The van der Waals surface area contributed by atoms with E-state index in [0.717, 1.165) is 5.69 Å². The lowest BCUT2D eigenvalue weighted by Crippen LogP contribution is -2.49. The molecule has 9 heteroatoms. The minimum Gasteiger partial charge on any atom is -0.478 e. The summed E-state index contributed by atoms with van der Waals surface area (Å²) in [7, 11) is 0. The van der Waals surface area contributed by atoms with Crippen LogP contribution in [0.5, 0.6) is 0 Å². The van der Waals surface area contributed by atoms with Crippen LogP contribution in [0.1, 0.15) is 34.1 Å². The number of carbonyl (C=O) groups is 3.